The van der Waals surface area contributed by atoms with E-state index in [0.717, 1.165) is 5.75 Å². The Labute approximate surface area is 126 Å². The summed E-state index contributed by atoms with van der Waals surface area (Å²) in [4.78, 5) is 11.8. The molecule has 0 aliphatic rings. The minimum Gasteiger partial charge on any atom is -0.492 e. The van der Waals surface area contributed by atoms with Gasteiger partial charge in [-0.1, -0.05) is 44.2 Å². The molecule has 0 heterocycles. The number of amides is 1. The molecule has 21 heavy (non-hydrogen) atoms. The second-order valence-corrected chi connectivity index (χ2v) is 5.20. The normalized spacial score (nSPS) is 10.4. The molecule has 110 valence electrons. The zero-order valence-corrected chi connectivity index (χ0v) is 12.5. The van der Waals surface area contributed by atoms with Crippen LogP contribution in [0.4, 0.5) is 0 Å². The average molecular weight is 283 g/mol. The van der Waals surface area contributed by atoms with E-state index < -0.39 is 0 Å². The SMILES string of the molecule is CC(C)c1cccc(OCCNC(=O)c2ccccc2)c1. The first-order chi connectivity index (χ1) is 10.2. The number of ether oxygens (including phenoxy) is 1. The van der Waals surface area contributed by atoms with Gasteiger partial charge in [0.25, 0.3) is 5.91 Å². The summed E-state index contributed by atoms with van der Waals surface area (Å²) in [5.41, 5.74) is 1.92. The Morgan fingerprint density at radius 3 is 2.57 bits per heavy atom. The molecule has 3 heteroatoms. The predicted octanol–water partition coefficient (Wildman–Crippen LogP) is 3.62. The van der Waals surface area contributed by atoms with E-state index in [9.17, 15) is 4.79 Å². The van der Waals surface area contributed by atoms with Crippen LogP contribution in [0.15, 0.2) is 54.6 Å². The Morgan fingerprint density at radius 1 is 1.10 bits per heavy atom. The molecule has 1 amide bonds. The molecular weight excluding hydrogens is 262 g/mol. The lowest BCUT2D eigenvalue weighted by molar-refractivity contribution is 0.0947. The lowest BCUT2D eigenvalue weighted by Gasteiger charge is -2.10. The highest BCUT2D eigenvalue weighted by Crippen LogP contribution is 2.19. The molecule has 0 aromatic heterocycles. The number of benzene rings is 2. The summed E-state index contributed by atoms with van der Waals surface area (Å²) in [5.74, 6) is 1.25. The Balaban J connectivity index is 1.77. The van der Waals surface area contributed by atoms with Crippen LogP contribution in [0.25, 0.3) is 0 Å². The maximum absolute atomic E-state index is 11.8. The minimum absolute atomic E-state index is 0.0740. The second-order valence-electron chi connectivity index (χ2n) is 5.20. The Hall–Kier alpha value is -2.29. The van der Waals surface area contributed by atoms with Gasteiger partial charge in [0.2, 0.25) is 0 Å². The van der Waals surface area contributed by atoms with Crippen molar-refractivity contribution in [3.8, 4) is 5.75 Å². The van der Waals surface area contributed by atoms with Gasteiger partial charge in [-0.3, -0.25) is 4.79 Å². The van der Waals surface area contributed by atoms with Gasteiger partial charge in [0.1, 0.15) is 12.4 Å². The average Bonchev–Trinajstić information content (AvgIpc) is 2.52. The highest BCUT2D eigenvalue weighted by atomic mass is 16.5. The van der Waals surface area contributed by atoms with Crippen LogP contribution in [0.5, 0.6) is 5.75 Å². The largest absolute Gasteiger partial charge is 0.492 e. The van der Waals surface area contributed by atoms with Crippen LogP contribution in [0.1, 0.15) is 35.7 Å². The number of hydrogen-bond acceptors (Lipinski definition) is 2. The van der Waals surface area contributed by atoms with Gasteiger partial charge in [0.05, 0.1) is 6.54 Å². The number of hydrogen-bond donors (Lipinski definition) is 1. The van der Waals surface area contributed by atoms with Gasteiger partial charge in [-0.2, -0.15) is 0 Å². The van der Waals surface area contributed by atoms with E-state index in [1.165, 1.54) is 5.56 Å². The third kappa shape index (κ3) is 4.63. The molecule has 0 saturated carbocycles. The molecule has 0 saturated heterocycles. The van der Waals surface area contributed by atoms with Crippen LogP contribution < -0.4 is 10.1 Å². The summed E-state index contributed by atoms with van der Waals surface area (Å²) in [6.45, 7) is 5.25. The van der Waals surface area contributed by atoms with E-state index in [2.05, 4.69) is 25.2 Å². The van der Waals surface area contributed by atoms with Crippen LogP contribution in [-0.2, 0) is 0 Å². The fraction of sp³-hybridized carbons (Fsp3) is 0.278. The molecule has 0 bridgehead atoms. The number of nitrogens with one attached hydrogen (secondary N) is 1. The van der Waals surface area contributed by atoms with Crippen LogP contribution >= 0.6 is 0 Å². The zero-order valence-electron chi connectivity index (χ0n) is 12.5. The molecule has 0 aliphatic heterocycles. The van der Waals surface area contributed by atoms with Crippen LogP contribution in [0.3, 0.4) is 0 Å². The first kappa shape index (κ1) is 15.1. The summed E-state index contributed by atoms with van der Waals surface area (Å²) in [6.07, 6.45) is 0. The van der Waals surface area contributed by atoms with Crippen molar-refractivity contribution in [3.05, 3.63) is 65.7 Å². The van der Waals surface area contributed by atoms with Crippen molar-refractivity contribution in [2.75, 3.05) is 13.2 Å². The standard InChI is InChI=1S/C18H21NO2/c1-14(2)16-9-6-10-17(13-16)21-12-11-19-18(20)15-7-4-3-5-8-15/h3-10,13-14H,11-12H2,1-2H3,(H,19,20). The van der Waals surface area contributed by atoms with Crippen molar-refractivity contribution < 1.29 is 9.53 Å². The van der Waals surface area contributed by atoms with Gasteiger partial charge < -0.3 is 10.1 Å². The molecule has 2 aromatic carbocycles. The van der Waals surface area contributed by atoms with Gasteiger partial charge in [-0.25, -0.2) is 0 Å². The zero-order chi connectivity index (χ0) is 15.1. The van der Waals surface area contributed by atoms with Gasteiger partial charge in [-0.15, -0.1) is 0 Å². The Morgan fingerprint density at radius 2 is 1.86 bits per heavy atom. The number of rotatable bonds is 6. The summed E-state index contributed by atoms with van der Waals surface area (Å²) in [5, 5.41) is 2.84. The molecular formula is C18H21NO2. The summed E-state index contributed by atoms with van der Waals surface area (Å²) in [6, 6.07) is 17.2. The van der Waals surface area contributed by atoms with Crippen LogP contribution in [0.2, 0.25) is 0 Å². The van der Waals surface area contributed by atoms with Crippen LogP contribution in [0, 0.1) is 0 Å². The molecule has 1 N–H and O–H groups in total. The Bertz CT molecular complexity index is 579. The third-order valence-corrected chi connectivity index (χ3v) is 3.22. The summed E-state index contributed by atoms with van der Waals surface area (Å²) in [7, 11) is 0. The topological polar surface area (TPSA) is 38.3 Å². The van der Waals surface area contributed by atoms with Gasteiger partial charge in [-0.05, 0) is 35.7 Å². The fourth-order valence-corrected chi connectivity index (χ4v) is 1.99. The lowest BCUT2D eigenvalue weighted by atomic mass is 10.0. The smallest absolute Gasteiger partial charge is 0.251 e. The molecule has 0 atom stereocenters. The van der Waals surface area contributed by atoms with E-state index in [-0.39, 0.29) is 5.91 Å². The molecule has 2 rings (SSSR count). The van der Waals surface area contributed by atoms with E-state index in [0.29, 0.717) is 24.6 Å². The van der Waals surface area contributed by atoms with Crippen molar-refractivity contribution in [1.29, 1.82) is 0 Å². The third-order valence-electron chi connectivity index (χ3n) is 3.22. The van der Waals surface area contributed by atoms with Crippen molar-refractivity contribution in [2.24, 2.45) is 0 Å². The monoisotopic (exact) mass is 283 g/mol. The summed E-state index contributed by atoms with van der Waals surface area (Å²) >= 11 is 0. The summed E-state index contributed by atoms with van der Waals surface area (Å²) < 4.78 is 5.67. The van der Waals surface area contributed by atoms with E-state index in [1.807, 2.05) is 36.4 Å². The highest BCUT2D eigenvalue weighted by molar-refractivity contribution is 5.94. The van der Waals surface area contributed by atoms with E-state index >= 15 is 0 Å². The predicted molar refractivity (Wildman–Crippen MR) is 84.8 cm³/mol. The molecule has 2 aromatic rings. The number of carbonyl (C=O) groups is 1. The second kappa shape index (κ2) is 7.48. The van der Waals surface area contributed by atoms with Crippen molar-refractivity contribution in [3.63, 3.8) is 0 Å². The van der Waals surface area contributed by atoms with E-state index in [4.69, 9.17) is 4.74 Å². The number of carbonyl (C=O) groups excluding carboxylic acids is 1. The van der Waals surface area contributed by atoms with Crippen molar-refractivity contribution in [1.82, 2.24) is 5.32 Å². The molecule has 3 nitrogen and oxygen atoms in total. The fourth-order valence-electron chi connectivity index (χ4n) is 1.99. The van der Waals surface area contributed by atoms with Gasteiger partial charge in [0.15, 0.2) is 0 Å². The lowest BCUT2D eigenvalue weighted by Crippen LogP contribution is -2.28. The minimum atomic E-state index is -0.0740. The molecule has 0 radical (unpaired) electrons. The molecule has 0 unspecified atom stereocenters. The Kier molecular flexibility index (Phi) is 5.38. The highest BCUT2D eigenvalue weighted by Gasteiger charge is 2.04. The van der Waals surface area contributed by atoms with Gasteiger partial charge >= 0.3 is 0 Å². The van der Waals surface area contributed by atoms with E-state index in [1.54, 1.807) is 12.1 Å². The molecule has 0 spiro atoms. The van der Waals surface area contributed by atoms with Gasteiger partial charge in [0, 0.05) is 5.56 Å². The van der Waals surface area contributed by atoms with Crippen LogP contribution in [-0.4, -0.2) is 19.1 Å². The first-order valence-electron chi connectivity index (χ1n) is 7.23. The first-order valence-corrected chi connectivity index (χ1v) is 7.23. The quantitative estimate of drug-likeness (QED) is 0.822. The molecule has 0 aliphatic carbocycles. The maximum Gasteiger partial charge on any atom is 0.251 e. The van der Waals surface area contributed by atoms with Crippen molar-refractivity contribution >= 4 is 5.91 Å². The van der Waals surface area contributed by atoms with Crippen molar-refractivity contribution in [2.45, 2.75) is 19.8 Å². The maximum atomic E-state index is 11.8. The molecule has 0 fully saturated rings.